The third-order valence-corrected chi connectivity index (χ3v) is 2.61. The highest BCUT2D eigenvalue weighted by Gasteiger charge is 2.09. The number of nitrogens with two attached hydrogens (primary N) is 1. The molecule has 3 N–H and O–H groups in total. The number of aryl methyl sites for hydroxylation is 1. The molecule has 0 aromatic heterocycles. The van der Waals surface area contributed by atoms with Crippen LogP contribution < -0.4 is 5.73 Å². The Morgan fingerprint density at radius 3 is 2.47 bits per heavy atom. The van der Waals surface area contributed by atoms with E-state index in [9.17, 15) is 9.90 Å². The van der Waals surface area contributed by atoms with E-state index in [0.717, 1.165) is 16.7 Å². The van der Waals surface area contributed by atoms with Crippen LogP contribution in [0.15, 0.2) is 42.5 Å². The monoisotopic (exact) mass is 227 g/mol. The predicted octanol–water partition coefficient (Wildman–Crippen LogP) is 2.47. The van der Waals surface area contributed by atoms with E-state index in [2.05, 4.69) is 0 Å². The summed E-state index contributed by atoms with van der Waals surface area (Å²) in [6.45, 7) is 2.00. The second-order valence-electron chi connectivity index (χ2n) is 3.97. The highest BCUT2D eigenvalue weighted by molar-refractivity contribution is 5.96. The molecule has 0 saturated carbocycles. The first kappa shape index (κ1) is 11.2. The van der Waals surface area contributed by atoms with Crippen molar-refractivity contribution in [2.45, 2.75) is 6.92 Å². The van der Waals surface area contributed by atoms with Gasteiger partial charge in [0, 0.05) is 0 Å². The number of aromatic hydroxyl groups is 1. The first-order chi connectivity index (χ1) is 8.08. The molecule has 0 bridgehead atoms. The molecule has 2 aromatic carbocycles. The first-order valence-electron chi connectivity index (χ1n) is 5.28. The van der Waals surface area contributed by atoms with Crippen LogP contribution in [0.5, 0.6) is 5.75 Å². The van der Waals surface area contributed by atoms with Gasteiger partial charge in [0.15, 0.2) is 0 Å². The molecule has 17 heavy (non-hydrogen) atoms. The van der Waals surface area contributed by atoms with Gasteiger partial charge in [0.25, 0.3) is 5.91 Å². The van der Waals surface area contributed by atoms with Gasteiger partial charge >= 0.3 is 0 Å². The van der Waals surface area contributed by atoms with Gasteiger partial charge in [-0.1, -0.05) is 35.9 Å². The minimum atomic E-state index is -0.628. The average molecular weight is 227 g/mol. The summed E-state index contributed by atoms with van der Waals surface area (Å²) in [6, 6.07) is 12.8. The third kappa shape index (κ3) is 2.28. The number of carbonyl (C=O) groups is 1. The van der Waals surface area contributed by atoms with Crippen LogP contribution in [0.3, 0.4) is 0 Å². The Labute approximate surface area is 99.5 Å². The molecule has 3 heteroatoms. The van der Waals surface area contributed by atoms with Gasteiger partial charge in [0.1, 0.15) is 5.75 Å². The summed E-state index contributed by atoms with van der Waals surface area (Å²) < 4.78 is 0. The average Bonchev–Trinajstić information content (AvgIpc) is 2.29. The SMILES string of the molecule is Cc1cccc(-c2ccc(O)c(C(N)=O)c2)c1. The predicted molar refractivity (Wildman–Crippen MR) is 66.8 cm³/mol. The smallest absolute Gasteiger partial charge is 0.252 e. The summed E-state index contributed by atoms with van der Waals surface area (Å²) in [7, 11) is 0. The topological polar surface area (TPSA) is 63.3 Å². The first-order valence-corrected chi connectivity index (χ1v) is 5.28. The number of amides is 1. The van der Waals surface area contributed by atoms with E-state index in [0.29, 0.717) is 0 Å². The minimum Gasteiger partial charge on any atom is -0.507 e. The summed E-state index contributed by atoms with van der Waals surface area (Å²) >= 11 is 0. The van der Waals surface area contributed by atoms with Gasteiger partial charge in [0.2, 0.25) is 0 Å². The molecule has 0 atom stereocenters. The van der Waals surface area contributed by atoms with Gasteiger partial charge in [-0.05, 0) is 30.2 Å². The Morgan fingerprint density at radius 2 is 1.82 bits per heavy atom. The lowest BCUT2D eigenvalue weighted by Gasteiger charge is -2.06. The van der Waals surface area contributed by atoms with E-state index in [1.165, 1.54) is 6.07 Å². The van der Waals surface area contributed by atoms with E-state index >= 15 is 0 Å². The Kier molecular flexibility index (Phi) is 2.83. The molecule has 0 unspecified atom stereocenters. The molecule has 0 spiro atoms. The number of rotatable bonds is 2. The Hall–Kier alpha value is -2.29. The van der Waals surface area contributed by atoms with E-state index < -0.39 is 5.91 Å². The van der Waals surface area contributed by atoms with Crippen LogP contribution in [0, 0.1) is 6.92 Å². The zero-order chi connectivity index (χ0) is 12.4. The number of benzene rings is 2. The molecule has 3 nitrogen and oxygen atoms in total. The van der Waals surface area contributed by atoms with Crippen molar-refractivity contribution in [2.75, 3.05) is 0 Å². The number of primary amides is 1. The van der Waals surface area contributed by atoms with E-state index in [-0.39, 0.29) is 11.3 Å². The van der Waals surface area contributed by atoms with Crippen molar-refractivity contribution in [3.05, 3.63) is 53.6 Å². The molecule has 86 valence electrons. The van der Waals surface area contributed by atoms with Gasteiger partial charge in [0.05, 0.1) is 5.56 Å². The van der Waals surface area contributed by atoms with Crippen LogP contribution in [-0.2, 0) is 0 Å². The third-order valence-electron chi connectivity index (χ3n) is 2.61. The number of carbonyl (C=O) groups excluding carboxylic acids is 1. The summed E-state index contributed by atoms with van der Waals surface area (Å²) in [6.07, 6.45) is 0. The largest absolute Gasteiger partial charge is 0.507 e. The van der Waals surface area contributed by atoms with Crippen LogP contribution in [0.25, 0.3) is 11.1 Å². The zero-order valence-corrected chi connectivity index (χ0v) is 9.47. The minimum absolute atomic E-state index is 0.0890. The molecule has 2 rings (SSSR count). The van der Waals surface area contributed by atoms with E-state index in [1.807, 2.05) is 31.2 Å². The van der Waals surface area contributed by atoms with Gasteiger partial charge < -0.3 is 10.8 Å². The van der Waals surface area contributed by atoms with Crippen LogP contribution in [-0.4, -0.2) is 11.0 Å². The zero-order valence-electron chi connectivity index (χ0n) is 9.47. The molecule has 0 aliphatic carbocycles. The molecule has 0 aliphatic heterocycles. The number of phenols is 1. The molecule has 1 amide bonds. The quantitative estimate of drug-likeness (QED) is 0.827. The van der Waals surface area contributed by atoms with Crippen molar-refractivity contribution < 1.29 is 9.90 Å². The Morgan fingerprint density at radius 1 is 1.12 bits per heavy atom. The lowest BCUT2D eigenvalue weighted by molar-refractivity contribution is 0.0998. The fourth-order valence-corrected chi connectivity index (χ4v) is 1.74. The second-order valence-corrected chi connectivity index (χ2v) is 3.97. The fourth-order valence-electron chi connectivity index (χ4n) is 1.74. The van der Waals surface area contributed by atoms with E-state index in [4.69, 9.17) is 5.73 Å². The lowest BCUT2D eigenvalue weighted by atomic mass is 10.0. The lowest BCUT2D eigenvalue weighted by Crippen LogP contribution is -2.11. The maximum atomic E-state index is 11.1. The van der Waals surface area contributed by atoms with Crippen molar-refractivity contribution in [1.29, 1.82) is 0 Å². The normalized spacial score (nSPS) is 10.2. The van der Waals surface area contributed by atoms with Gasteiger partial charge in [-0.25, -0.2) is 0 Å². The van der Waals surface area contributed by atoms with Crippen LogP contribution in [0.1, 0.15) is 15.9 Å². The molecular formula is C14H13NO2. The van der Waals surface area contributed by atoms with E-state index in [1.54, 1.807) is 12.1 Å². The van der Waals surface area contributed by atoms with Crippen LogP contribution >= 0.6 is 0 Å². The summed E-state index contributed by atoms with van der Waals surface area (Å²) in [5, 5.41) is 9.51. The summed E-state index contributed by atoms with van der Waals surface area (Å²) in [4.78, 5) is 11.1. The number of hydrogen-bond acceptors (Lipinski definition) is 2. The fraction of sp³-hybridized carbons (Fsp3) is 0.0714. The van der Waals surface area contributed by atoms with Gasteiger partial charge in [-0.2, -0.15) is 0 Å². The Balaban J connectivity index is 2.54. The highest BCUT2D eigenvalue weighted by atomic mass is 16.3. The molecule has 0 radical (unpaired) electrons. The van der Waals surface area contributed by atoms with Gasteiger partial charge in [-0.15, -0.1) is 0 Å². The van der Waals surface area contributed by atoms with Crippen molar-refractivity contribution in [2.24, 2.45) is 5.73 Å². The molecule has 0 saturated heterocycles. The Bertz CT molecular complexity index is 576. The molecule has 0 heterocycles. The maximum Gasteiger partial charge on any atom is 0.252 e. The summed E-state index contributed by atoms with van der Waals surface area (Å²) in [5.74, 6) is -0.717. The van der Waals surface area contributed by atoms with Crippen LogP contribution in [0.2, 0.25) is 0 Å². The highest BCUT2D eigenvalue weighted by Crippen LogP contribution is 2.26. The van der Waals surface area contributed by atoms with Crippen molar-refractivity contribution in [3.63, 3.8) is 0 Å². The standard InChI is InChI=1S/C14H13NO2/c1-9-3-2-4-10(7-9)11-5-6-13(16)12(8-11)14(15)17/h2-8,16H,1H3,(H2,15,17). The summed E-state index contributed by atoms with van der Waals surface area (Å²) in [5.41, 5.74) is 8.32. The van der Waals surface area contributed by atoms with Crippen molar-refractivity contribution in [1.82, 2.24) is 0 Å². The number of hydrogen-bond donors (Lipinski definition) is 2. The van der Waals surface area contributed by atoms with Crippen molar-refractivity contribution >= 4 is 5.91 Å². The van der Waals surface area contributed by atoms with Crippen LogP contribution in [0.4, 0.5) is 0 Å². The van der Waals surface area contributed by atoms with Gasteiger partial charge in [-0.3, -0.25) is 4.79 Å². The molecule has 0 aliphatic rings. The molecule has 0 fully saturated rings. The molecular weight excluding hydrogens is 214 g/mol. The second kappa shape index (κ2) is 4.29. The molecule has 2 aromatic rings. The maximum absolute atomic E-state index is 11.1. The van der Waals surface area contributed by atoms with Crippen molar-refractivity contribution in [3.8, 4) is 16.9 Å².